The van der Waals surface area contributed by atoms with Gasteiger partial charge in [-0.3, -0.25) is 4.90 Å². The third-order valence-electron chi connectivity index (χ3n) is 4.16. The molecule has 1 fully saturated rings. The van der Waals surface area contributed by atoms with Crippen molar-refractivity contribution in [2.75, 3.05) is 26.3 Å². The summed E-state index contributed by atoms with van der Waals surface area (Å²) in [5.41, 5.74) is 7.58. The number of benzene rings is 1. The fraction of sp³-hybridized carbons (Fsp3) is 0.294. The van der Waals surface area contributed by atoms with Crippen LogP contribution in [0.2, 0.25) is 0 Å². The molecule has 2 N–H and O–H groups in total. The number of nitrogens with zero attached hydrogens (tertiary/aromatic N) is 3. The van der Waals surface area contributed by atoms with E-state index in [9.17, 15) is 0 Å². The Bertz CT molecular complexity index is 690. The molecule has 1 saturated heterocycles. The van der Waals surface area contributed by atoms with Crippen LogP contribution in [0.5, 0.6) is 0 Å². The fourth-order valence-electron chi connectivity index (χ4n) is 2.87. The monoisotopic (exact) mass is 295 g/mol. The van der Waals surface area contributed by atoms with Gasteiger partial charge in [0.1, 0.15) is 11.9 Å². The van der Waals surface area contributed by atoms with Crippen molar-refractivity contribution in [1.82, 2.24) is 9.88 Å². The van der Waals surface area contributed by atoms with Crippen molar-refractivity contribution >= 4 is 11.9 Å². The predicted molar refractivity (Wildman–Crippen MR) is 84.9 cm³/mol. The normalized spacial score (nSPS) is 17.6. The fourth-order valence-corrected chi connectivity index (χ4v) is 2.87. The molecule has 0 bridgehead atoms. The van der Waals surface area contributed by atoms with Crippen molar-refractivity contribution in [3.8, 4) is 11.1 Å². The Balaban J connectivity index is 1.49. The van der Waals surface area contributed by atoms with E-state index in [-0.39, 0.29) is 0 Å². The number of hydrogen-bond acceptors (Lipinski definition) is 4. The third-order valence-corrected chi connectivity index (χ3v) is 4.16. The first-order valence-corrected chi connectivity index (χ1v) is 7.64. The van der Waals surface area contributed by atoms with Crippen LogP contribution in [0.1, 0.15) is 11.3 Å². The lowest BCUT2D eigenvalue weighted by atomic mass is 10.0. The van der Waals surface area contributed by atoms with E-state index in [0.29, 0.717) is 0 Å². The molecule has 2 aliphatic heterocycles. The second kappa shape index (κ2) is 5.96. The molecule has 0 spiro atoms. The maximum absolute atomic E-state index is 5.39. The Labute approximate surface area is 129 Å². The molecule has 0 radical (unpaired) electrons. The zero-order valence-electron chi connectivity index (χ0n) is 12.4. The van der Waals surface area contributed by atoms with Crippen LogP contribution in [-0.2, 0) is 11.3 Å². The minimum absolute atomic E-state index is 0.845. The number of aromatic nitrogens is 1. The predicted octanol–water partition coefficient (Wildman–Crippen LogP) is 1.12. The van der Waals surface area contributed by atoms with E-state index in [0.717, 1.165) is 49.8 Å². The maximum atomic E-state index is 5.39. The van der Waals surface area contributed by atoms with E-state index >= 15 is 0 Å². The second-order valence-electron chi connectivity index (χ2n) is 5.69. The smallest absolute Gasteiger partial charge is 0.184 e. The molecule has 0 aliphatic carbocycles. The van der Waals surface area contributed by atoms with Crippen LogP contribution in [0.25, 0.3) is 11.1 Å². The van der Waals surface area contributed by atoms with E-state index in [1.807, 2.05) is 11.6 Å². The molecule has 0 unspecified atom stereocenters. The largest absolute Gasteiger partial charge is 0.379 e. The summed E-state index contributed by atoms with van der Waals surface area (Å²) in [5, 5.41) is 4.14. The number of rotatable bonds is 3. The van der Waals surface area contributed by atoms with Gasteiger partial charge in [0, 0.05) is 37.5 Å². The van der Waals surface area contributed by atoms with Gasteiger partial charge in [-0.1, -0.05) is 29.4 Å². The Hall–Kier alpha value is -2.08. The van der Waals surface area contributed by atoms with Gasteiger partial charge in [0.2, 0.25) is 0 Å². The van der Waals surface area contributed by atoms with E-state index in [1.54, 1.807) is 6.21 Å². The average Bonchev–Trinajstić information content (AvgIpc) is 3.04. The molecule has 22 heavy (non-hydrogen) atoms. The lowest BCUT2D eigenvalue weighted by Gasteiger charge is -2.26. The number of ether oxygens (including phenoxy) is 1. The van der Waals surface area contributed by atoms with Gasteiger partial charge in [0.15, 0.2) is 5.69 Å². The van der Waals surface area contributed by atoms with Crippen LogP contribution in [0.4, 0.5) is 5.69 Å². The highest BCUT2D eigenvalue weighted by atomic mass is 16.5. The van der Waals surface area contributed by atoms with Gasteiger partial charge in [-0.2, -0.15) is 5.43 Å². The highest BCUT2D eigenvalue weighted by molar-refractivity contribution is 5.85. The molecule has 0 saturated carbocycles. The number of morpholine rings is 1. The summed E-state index contributed by atoms with van der Waals surface area (Å²) >= 11 is 0. The van der Waals surface area contributed by atoms with Crippen molar-refractivity contribution in [2.45, 2.75) is 6.54 Å². The van der Waals surface area contributed by atoms with E-state index in [2.05, 4.69) is 45.3 Å². The molecule has 4 rings (SSSR count). The second-order valence-corrected chi connectivity index (χ2v) is 5.69. The summed E-state index contributed by atoms with van der Waals surface area (Å²) < 4.78 is 5.39. The van der Waals surface area contributed by atoms with Gasteiger partial charge in [-0.25, -0.2) is 4.98 Å². The average molecular weight is 295 g/mol. The third kappa shape index (κ3) is 2.78. The summed E-state index contributed by atoms with van der Waals surface area (Å²) in [6.07, 6.45) is 3.71. The molecular formula is C17H19N4O+. The number of hydrogen-bond donors (Lipinski definition) is 1. The van der Waals surface area contributed by atoms with E-state index in [1.165, 1.54) is 11.1 Å². The van der Waals surface area contributed by atoms with Gasteiger partial charge in [-0.15, -0.1) is 0 Å². The van der Waals surface area contributed by atoms with Crippen LogP contribution in [0.15, 0.2) is 41.6 Å². The first-order chi connectivity index (χ1) is 10.9. The summed E-state index contributed by atoms with van der Waals surface area (Å²) in [5.74, 6) is 0. The van der Waals surface area contributed by atoms with Crippen LogP contribution < -0.4 is 5.43 Å². The van der Waals surface area contributed by atoms with Crippen LogP contribution in [0.3, 0.4) is 0 Å². The van der Waals surface area contributed by atoms with Crippen LogP contribution >= 0.6 is 0 Å². The first kappa shape index (κ1) is 13.6. The topological polar surface area (TPSA) is 54.3 Å². The van der Waals surface area contributed by atoms with Crippen molar-refractivity contribution in [3.05, 3.63) is 47.8 Å². The van der Waals surface area contributed by atoms with Crippen molar-refractivity contribution in [3.63, 3.8) is 0 Å². The van der Waals surface area contributed by atoms with Gasteiger partial charge in [0.25, 0.3) is 0 Å². The van der Waals surface area contributed by atoms with Gasteiger partial charge < -0.3 is 4.74 Å². The Morgan fingerprint density at radius 1 is 1.09 bits per heavy atom. The van der Waals surface area contributed by atoms with Crippen LogP contribution in [0, 0.1) is 0 Å². The zero-order valence-corrected chi connectivity index (χ0v) is 12.4. The number of quaternary nitrogens is 1. The minimum atomic E-state index is 0.845. The molecule has 1 aromatic carbocycles. The Morgan fingerprint density at radius 3 is 2.73 bits per heavy atom. The quantitative estimate of drug-likeness (QED) is 0.864. The molecule has 1 aromatic heterocycles. The number of nitrogens with two attached hydrogens (primary N) is 1. The molecule has 2 aromatic rings. The molecule has 5 heteroatoms. The minimum Gasteiger partial charge on any atom is -0.379 e. The van der Waals surface area contributed by atoms with Gasteiger partial charge >= 0.3 is 0 Å². The lowest BCUT2D eigenvalue weighted by molar-refractivity contribution is -0.573. The summed E-state index contributed by atoms with van der Waals surface area (Å²) in [7, 11) is 0. The van der Waals surface area contributed by atoms with E-state index in [4.69, 9.17) is 4.74 Å². The SMILES string of the molecule is C1=N[NH2+]c2cc(-c3ccc(CN4CCOCC4)cc3)cnc21. The molecule has 112 valence electrons. The first-order valence-electron chi connectivity index (χ1n) is 7.64. The van der Waals surface area contributed by atoms with Crippen LogP contribution in [-0.4, -0.2) is 42.4 Å². The van der Waals surface area contributed by atoms with Gasteiger partial charge in [-0.05, 0) is 11.1 Å². The molecule has 0 atom stereocenters. The lowest BCUT2D eigenvalue weighted by Crippen LogP contribution is -2.69. The highest BCUT2D eigenvalue weighted by Gasteiger charge is 2.14. The molecule has 2 aliphatic rings. The summed E-state index contributed by atoms with van der Waals surface area (Å²) in [4.78, 5) is 6.88. The van der Waals surface area contributed by atoms with Gasteiger partial charge in [0.05, 0.1) is 13.2 Å². The molecule has 5 nitrogen and oxygen atoms in total. The molecular weight excluding hydrogens is 276 g/mol. The number of pyridine rings is 1. The number of fused-ring (bicyclic) bond motifs is 1. The summed E-state index contributed by atoms with van der Waals surface area (Å²) in [6.45, 7) is 4.72. The van der Waals surface area contributed by atoms with E-state index < -0.39 is 0 Å². The Kier molecular flexibility index (Phi) is 3.68. The Morgan fingerprint density at radius 2 is 1.91 bits per heavy atom. The van der Waals surface area contributed by atoms with Crippen molar-refractivity contribution in [2.24, 2.45) is 5.10 Å². The summed E-state index contributed by atoms with van der Waals surface area (Å²) in [6, 6.07) is 10.9. The standard InChI is InChI=1S/C17H18N4O/c1-3-14(15-9-16-17(18-10-15)11-19-20-16)4-2-13(1)12-21-5-7-22-8-6-21/h1-4,9-11H,5-8,12H2,(H,19,20)/p+1. The maximum Gasteiger partial charge on any atom is 0.184 e. The van der Waals surface area contributed by atoms with Crippen molar-refractivity contribution in [1.29, 1.82) is 0 Å². The highest BCUT2D eigenvalue weighted by Crippen LogP contribution is 2.23. The molecule has 3 heterocycles. The zero-order chi connectivity index (χ0) is 14.8. The molecule has 0 amide bonds. The van der Waals surface area contributed by atoms with Crippen molar-refractivity contribution < 1.29 is 10.2 Å².